The quantitative estimate of drug-likeness (QED) is 0.717. The Labute approximate surface area is 152 Å². The number of para-hydroxylation sites is 3. The number of rotatable bonds is 6. The van der Waals surface area contributed by atoms with Gasteiger partial charge in [-0.3, -0.25) is 4.79 Å². The maximum absolute atomic E-state index is 12.3. The Morgan fingerprint density at radius 1 is 1.08 bits per heavy atom. The molecule has 3 aromatic rings. The highest BCUT2D eigenvalue weighted by molar-refractivity contribution is 5.86. The van der Waals surface area contributed by atoms with Gasteiger partial charge in [-0.2, -0.15) is 0 Å². The minimum atomic E-state index is -0.115. The zero-order chi connectivity index (χ0) is 17.9. The Kier molecular flexibility index (Phi) is 4.52. The van der Waals surface area contributed by atoms with Crippen molar-refractivity contribution in [3.05, 3.63) is 59.8 Å². The lowest BCUT2D eigenvalue weighted by molar-refractivity contribution is -0.123. The Hall–Kier alpha value is -2.95. The van der Waals surface area contributed by atoms with Crippen LogP contribution < -0.4 is 14.8 Å². The molecule has 1 aliphatic rings. The number of carbonyl (C=O) groups is 1. The third-order valence-electron chi connectivity index (χ3n) is 4.68. The molecule has 0 aliphatic heterocycles. The van der Waals surface area contributed by atoms with Gasteiger partial charge in [0.2, 0.25) is 0 Å². The third kappa shape index (κ3) is 3.25. The normalized spacial score (nSPS) is 15.7. The van der Waals surface area contributed by atoms with Gasteiger partial charge in [-0.15, -0.1) is 0 Å². The fourth-order valence-electron chi connectivity index (χ4n) is 3.59. The highest BCUT2D eigenvalue weighted by Crippen LogP contribution is 2.30. The molecular formula is C21H22N2O3. The average molecular weight is 350 g/mol. The summed E-state index contributed by atoms with van der Waals surface area (Å²) >= 11 is 0. The second-order valence-electron chi connectivity index (χ2n) is 6.47. The molecule has 0 radical (unpaired) electrons. The highest BCUT2D eigenvalue weighted by Gasteiger charge is 2.26. The van der Waals surface area contributed by atoms with Crippen LogP contribution in [0.3, 0.4) is 0 Å². The van der Waals surface area contributed by atoms with E-state index in [9.17, 15) is 4.79 Å². The number of amides is 1. The van der Waals surface area contributed by atoms with Crippen LogP contribution >= 0.6 is 0 Å². The van der Waals surface area contributed by atoms with E-state index in [-0.39, 0.29) is 18.6 Å². The summed E-state index contributed by atoms with van der Waals surface area (Å²) in [5.41, 5.74) is 3.70. The van der Waals surface area contributed by atoms with Crippen molar-refractivity contribution in [1.82, 2.24) is 10.3 Å². The van der Waals surface area contributed by atoms with Crippen LogP contribution in [0.2, 0.25) is 0 Å². The first-order valence-corrected chi connectivity index (χ1v) is 8.97. The van der Waals surface area contributed by atoms with Crippen LogP contribution in [0.15, 0.2) is 48.5 Å². The second-order valence-corrected chi connectivity index (χ2v) is 6.47. The van der Waals surface area contributed by atoms with E-state index in [1.54, 1.807) is 0 Å². The van der Waals surface area contributed by atoms with Crippen molar-refractivity contribution in [3.8, 4) is 11.5 Å². The Morgan fingerprint density at radius 3 is 2.62 bits per heavy atom. The first kappa shape index (κ1) is 16.5. The van der Waals surface area contributed by atoms with Crippen LogP contribution in [0.25, 0.3) is 10.9 Å². The van der Waals surface area contributed by atoms with E-state index in [1.165, 1.54) is 16.6 Å². The van der Waals surface area contributed by atoms with Gasteiger partial charge < -0.3 is 19.8 Å². The average Bonchev–Trinajstić information content (AvgIpc) is 3.18. The molecule has 5 nitrogen and oxygen atoms in total. The summed E-state index contributed by atoms with van der Waals surface area (Å²) in [6.07, 6.45) is 1.67. The van der Waals surface area contributed by atoms with E-state index in [4.69, 9.17) is 9.47 Å². The molecule has 1 amide bonds. The van der Waals surface area contributed by atoms with Gasteiger partial charge in [0.1, 0.15) is 0 Å². The Bertz CT molecular complexity index is 932. The van der Waals surface area contributed by atoms with Gasteiger partial charge in [0.25, 0.3) is 5.91 Å². The molecule has 26 heavy (non-hydrogen) atoms. The molecule has 1 aromatic heterocycles. The molecule has 1 atom stereocenters. The van der Waals surface area contributed by atoms with Crippen LogP contribution in [0.1, 0.15) is 18.2 Å². The topological polar surface area (TPSA) is 63.4 Å². The summed E-state index contributed by atoms with van der Waals surface area (Å²) in [5.74, 6) is 1.13. The number of H-pyrrole nitrogens is 1. The SMILES string of the molecule is CCOc1ccccc1OCC(=O)NC1Cc2[nH]c3ccccc3c2C1. The lowest BCUT2D eigenvalue weighted by atomic mass is 10.1. The van der Waals surface area contributed by atoms with Gasteiger partial charge in [-0.25, -0.2) is 0 Å². The van der Waals surface area contributed by atoms with Crippen LogP contribution in [0.5, 0.6) is 11.5 Å². The van der Waals surface area contributed by atoms with Crippen molar-refractivity contribution < 1.29 is 14.3 Å². The fraction of sp³-hybridized carbons (Fsp3) is 0.286. The summed E-state index contributed by atoms with van der Waals surface area (Å²) in [6, 6.07) is 15.8. The van der Waals surface area contributed by atoms with Crippen LogP contribution in [-0.4, -0.2) is 30.1 Å². The summed E-state index contributed by atoms with van der Waals surface area (Å²) < 4.78 is 11.2. The monoisotopic (exact) mass is 350 g/mol. The fourth-order valence-corrected chi connectivity index (χ4v) is 3.59. The molecule has 0 saturated carbocycles. The van der Waals surface area contributed by atoms with Gasteiger partial charge in [0.15, 0.2) is 18.1 Å². The first-order valence-electron chi connectivity index (χ1n) is 8.97. The maximum Gasteiger partial charge on any atom is 0.258 e. The van der Waals surface area contributed by atoms with Gasteiger partial charge in [0, 0.05) is 29.1 Å². The van der Waals surface area contributed by atoms with Gasteiger partial charge >= 0.3 is 0 Å². The molecule has 0 saturated heterocycles. The van der Waals surface area contributed by atoms with Crippen molar-refractivity contribution >= 4 is 16.8 Å². The lowest BCUT2D eigenvalue weighted by Crippen LogP contribution is -2.38. The van der Waals surface area contributed by atoms with Crippen LogP contribution in [0.4, 0.5) is 0 Å². The summed E-state index contributed by atoms with van der Waals surface area (Å²) in [7, 11) is 0. The van der Waals surface area contributed by atoms with E-state index in [0.29, 0.717) is 18.1 Å². The van der Waals surface area contributed by atoms with Crippen molar-refractivity contribution in [2.45, 2.75) is 25.8 Å². The van der Waals surface area contributed by atoms with E-state index in [1.807, 2.05) is 43.3 Å². The molecule has 2 N–H and O–H groups in total. The number of aromatic amines is 1. The molecule has 0 bridgehead atoms. The molecule has 4 rings (SSSR count). The Balaban J connectivity index is 1.34. The minimum Gasteiger partial charge on any atom is -0.490 e. The van der Waals surface area contributed by atoms with E-state index in [0.717, 1.165) is 18.4 Å². The number of hydrogen-bond donors (Lipinski definition) is 2. The molecule has 1 aliphatic carbocycles. The predicted molar refractivity (Wildman–Crippen MR) is 101 cm³/mol. The summed E-state index contributed by atoms with van der Waals surface area (Å²) in [5, 5.41) is 4.32. The zero-order valence-electron chi connectivity index (χ0n) is 14.7. The number of nitrogens with one attached hydrogen (secondary N) is 2. The predicted octanol–water partition coefficient (Wildman–Crippen LogP) is 3.23. The molecule has 0 fully saturated rings. The van der Waals surface area contributed by atoms with Crippen LogP contribution in [-0.2, 0) is 17.6 Å². The third-order valence-corrected chi connectivity index (χ3v) is 4.68. The van der Waals surface area contributed by atoms with Gasteiger partial charge in [0.05, 0.1) is 6.61 Å². The number of ether oxygens (including phenoxy) is 2. The Morgan fingerprint density at radius 2 is 1.81 bits per heavy atom. The number of fused-ring (bicyclic) bond motifs is 3. The van der Waals surface area contributed by atoms with Crippen molar-refractivity contribution in [2.75, 3.05) is 13.2 Å². The number of hydrogen-bond acceptors (Lipinski definition) is 3. The van der Waals surface area contributed by atoms with Crippen molar-refractivity contribution in [3.63, 3.8) is 0 Å². The summed E-state index contributed by atoms with van der Waals surface area (Å²) in [4.78, 5) is 15.8. The largest absolute Gasteiger partial charge is 0.490 e. The molecule has 1 unspecified atom stereocenters. The number of aromatic nitrogens is 1. The van der Waals surface area contributed by atoms with Gasteiger partial charge in [-0.1, -0.05) is 30.3 Å². The minimum absolute atomic E-state index is 0.0186. The molecule has 5 heteroatoms. The molecule has 2 aromatic carbocycles. The molecule has 0 spiro atoms. The van der Waals surface area contributed by atoms with Gasteiger partial charge in [-0.05, 0) is 37.1 Å². The van der Waals surface area contributed by atoms with E-state index < -0.39 is 0 Å². The lowest BCUT2D eigenvalue weighted by Gasteiger charge is -2.14. The van der Waals surface area contributed by atoms with E-state index >= 15 is 0 Å². The van der Waals surface area contributed by atoms with Crippen LogP contribution in [0, 0.1) is 0 Å². The highest BCUT2D eigenvalue weighted by atomic mass is 16.5. The molecule has 1 heterocycles. The maximum atomic E-state index is 12.3. The number of benzene rings is 2. The zero-order valence-corrected chi connectivity index (χ0v) is 14.7. The standard InChI is InChI=1S/C21H22N2O3/c1-2-25-19-9-5-6-10-20(19)26-13-21(24)22-14-11-16-15-7-3-4-8-17(15)23-18(16)12-14/h3-10,14,23H,2,11-13H2,1H3,(H,22,24). The van der Waals surface area contributed by atoms with Crippen molar-refractivity contribution in [2.24, 2.45) is 0 Å². The van der Waals surface area contributed by atoms with E-state index in [2.05, 4.69) is 22.4 Å². The molecule has 134 valence electrons. The first-order chi connectivity index (χ1) is 12.7. The smallest absolute Gasteiger partial charge is 0.258 e. The van der Waals surface area contributed by atoms with Crippen molar-refractivity contribution in [1.29, 1.82) is 0 Å². The summed E-state index contributed by atoms with van der Waals surface area (Å²) in [6.45, 7) is 2.46. The number of carbonyl (C=O) groups excluding carboxylic acids is 1. The second kappa shape index (κ2) is 7.12. The molecular weight excluding hydrogens is 328 g/mol.